The standard InChI is InChI=1S/C8H10F3N3/c9-8(10,11)5-1-2-7-13-3-6(12)14(7)4-5/h3,5H,1-2,4,12H2. The molecule has 0 aliphatic carbocycles. The maximum Gasteiger partial charge on any atom is 0.393 e. The Bertz CT molecular complexity index is 342. The number of hydrogen-bond donors (Lipinski definition) is 1. The summed E-state index contributed by atoms with van der Waals surface area (Å²) in [5.41, 5.74) is 5.50. The van der Waals surface area contributed by atoms with Crippen LogP contribution in [-0.4, -0.2) is 15.7 Å². The molecule has 0 saturated carbocycles. The quantitative estimate of drug-likeness (QED) is 0.699. The van der Waals surface area contributed by atoms with Crippen molar-refractivity contribution in [2.75, 3.05) is 5.73 Å². The van der Waals surface area contributed by atoms with Gasteiger partial charge in [-0.1, -0.05) is 0 Å². The van der Waals surface area contributed by atoms with Crippen LogP contribution in [0.3, 0.4) is 0 Å². The van der Waals surface area contributed by atoms with Gasteiger partial charge in [0, 0.05) is 13.0 Å². The number of fused-ring (bicyclic) bond motifs is 1. The van der Waals surface area contributed by atoms with Gasteiger partial charge in [-0.3, -0.25) is 0 Å². The predicted molar refractivity (Wildman–Crippen MR) is 44.5 cm³/mol. The molecule has 0 saturated heterocycles. The molecule has 2 N–H and O–H groups in total. The van der Waals surface area contributed by atoms with Crippen molar-refractivity contribution in [3.63, 3.8) is 0 Å². The highest BCUT2D eigenvalue weighted by molar-refractivity contribution is 5.28. The summed E-state index contributed by atoms with van der Waals surface area (Å²) in [6.45, 7) is -0.0926. The second-order valence-electron chi connectivity index (χ2n) is 3.49. The third-order valence-corrected chi connectivity index (χ3v) is 2.55. The minimum atomic E-state index is -4.13. The normalized spacial score (nSPS) is 22.1. The Morgan fingerprint density at radius 2 is 2.21 bits per heavy atom. The van der Waals surface area contributed by atoms with Crippen LogP contribution in [-0.2, 0) is 13.0 Å². The lowest BCUT2D eigenvalue weighted by Crippen LogP contribution is -2.32. The largest absolute Gasteiger partial charge is 0.393 e. The zero-order chi connectivity index (χ0) is 10.3. The molecular formula is C8H10F3N3. The molecule has 0 aromatic carbocycles. The molecule has 78 valence electrons. The minimum absolute atomic E-state index is 0.0926. The van der Waals surface area contributed by atoms with Crippen molar-refractivity contribution in [2.24, 2.45) is 5.92 Å². The Kier molecular flexibility index (Phi) is 1.94. The first kappa shape index (κ1) is 9.36. The lowest BCUT2D eigenvalue weighted by molar-refractivity contribution is -0.182. The van der Waals surface area contributed by atoms with Crippen LogP contribution in [0.1, 0.15) is 12.2 Å². The highest BCUT2D eigenvalue weighted by Gasteiger charge is 2.41. The topological polar surface area (TPSA) is 43.8 Å². The Balaban J connectivity index is 2.24. The van der Waals surface area contributed by atoms with Crippen LogP contribution in [0.5, 0.6) is 0 Å². The molecule has 14 heavy (non-hydrogen) atoms. The lowest BCUT2D eigenvalue weighted by Gasteiger charge is -2.26. The molecule has 0 radical (unpaired) electrons. The van der Waals surface area contributed by atoms with Gasteiger partial charge in [-0.05, 0) is 6.42 Å². The number of nitrogens with two attached hydrogens (primary N) is 1. The zero-order valence-corrected chi connectivity index (χ0v) is 7.38. The lowest BCUT2D eigenvalue weighted by atomic mass is 9.99. The Morgan fingerprint density at radius 3 is 2.86 bits per heavy atom. The van der Waals surface area contributed by atoms with E-state index in [9.17, 15) is 13.2 Å². The van der Waals surface area contributed by atoms with Crippen LogP contribution in [0.25, 0.3) is 0 Å². The van der Waals surface area contributed by atoms with E-state index in [0.717, 1.165) is 0 Å². The molecule has 0 fully saturated rings. The van der Waals surface area contributed by atoms with Crippen molar-refractivity contribution in [2.45, 2.75) is 25.6 Å². The average Bonchev–Trinajstić information content (AvgIpc) is 2.46. The van der Waals surface area contributed by atoms with Crippen molar-refractivity contribution < 1.29 is 13.2 Å². The molecule has 3 nitrogen and oxygen atoms in total. The van der Waals surface area contributed by atoms with Crippen LogP contribution in [0.4, 0.5) is 19.0 Å². The van der Waals surface area contributed by atoms with Crippen molar-refractivity contribution >= 4 is 5.82 Å². The van der Waals surface area contributed by atoms with E-state index < -0.39 is 12.1 Å². The Labute approximate surface area is 78.7 Å². The van der Waals surface area contributed by atoms with Gasteiger partial charge in [0.05, 0.1) is 12.1 Å². The smallest absolute Gasteiger partial charge is 0.384 e. The number of anilines is 1. The van der Waals surface area contributed by atoms with E-state index >= 15 is 0 Å². The SMILES string of the molecule is Nc1cnc2n1CC(C(F)(F)F)CC2. The molecule has 1 atom stereocenters. The van der Waals surface area contributed by atoms with E-state index in [4.69, 9.17) is 5.73 Å². The maximum atomic E-state index is 12.4. The van der Waals surface area contributed by atoms with Crippen LogP contribution in [0.2, 0.25) is 0 Å². The van der Waals surface area contributed by atoms with Gasteiger partial charge >= 0.3 is 6.18 Å². The van der Waals surface area contributed by atoms with Gasteiger partial charge < -0.3 is 10.3 Å². The molecule has 1 aliphatic heterocycles. The average molecular weight is 205 g/mol. The third-order valence-electron chi connectivity index (χ3n) is 2.55. The fourth-order valence-corrected chi connectivity index (χ4v) is 1.72. The summed E-state index contributed by atoms with van der Waals surface area (Å²) in [7, 11) is 0. The summed E-state index contributed by atoms with van der Waals surface area (Å²) in [6, 6.07) is 0. The summed E-state index contributed by atoms with van der Waals surface area (Å²) < 4.78 is 38.6. The summed E-state index contributed by atoms with van der Waals surface area (Å²) in [4.78, 5) is 3.94. The van der Waals surface area contributed by atoms with E-state index in [2.05, 4.69) is 4.98 Å². The number of imidazole rings is 1. The van der Waals surface area contributed by atoms with Gasteiger partial charge in [0.1, 0.15) is 11.6 Å². The molecule has 6 heteroatoms. The van der Waals surface area contributed by atoms with E-state index in [-0.39, 0.29) is 13.0 Å². The highest BCUT2D eigenvalue weighted by atomic mass is 19.4. The second-order valence-corrected chi connectivity index (χ2v) is 3.49. The first-order valence-corrected chi connectivity index (χ1v) is 4.35. The second kappa shape index (κ2) is 2.90. The molecule has 1 aromatic rings. The molecule has 1 aliphatic rings. The van der Waals surface area contributed by atoms with Crippen molar-refractivity contribution in [3.05, 3.63) is 12.0 Å². The first-order chi connectivity index (χ1) is 6.48. The monoisotopic (exact) mass is 205 g/mol. The van der Waals surface area contributed by atoms with Crippen LogP contribution in [0, 0.1) is 5.92 Å². The molecule has 0 amide bonds. The number of nitrogen functional groups attached to an aromatic ring is 1. The maximum absolute atomic E-state index is 12.4. The molecular weight excluding hydrogens is 195 g/mol. The summed E-state index contributed by atoms with van der Waals surface area (Å²) >= 11 is 0. The fraction of sp³-hybridized carbons (Fsp3) is 0.625. The Morgan fingerprint density at radius 1 is 1.50 bits per heavy atom. The van der Waals surface area contributed by atoms with Gasteiger partial charge in [0.15, 0.2) is 0 Å². The fourth-order valence-electron chi connectivity index (χ4n) is 1.72. The van der Waals surface area contributed by atoms with Crippen LogP contribution >= 0.6 is 0 Å². The zero-order valence-electron chi connectivity index (χ0n) is 7.38. The van der Waals surface area contributed by atoms with Crippen molar-refractivity contribution in [1.29, 1.82) is 0 Å². The molecule has 1 unspecified atom stereocenters. The molecule has 0 bridgehead atoms. The van der Waals surface area contributed by atoms with Crippen LogP contribution in [0.15, 0.2) is 6.20 Å². The summed E-state index contributed by atoms with van der Waals surface area (Å²) in [5, 5.41) is 0. The van der Waals surface area contributed by atoms with Gasteiger partial charge in [-0.25, -0.2) is 4.98 Å². The van der Waals surface area contributed by atoms with Crippen LogP contribution < -0.4 is 5.73 Å². The number of rotatable bonds is 0. The number of halogens is 3. The summed E-state index contributed by atoms with van der Waals surface area (Å²) in [5.74, 6) is -0.316. The molecule has 1 aromatic heterocycles. The minimum Gasteiger partial charge on any atom is -0.384 e. The molecule has 2 rings (SSSR count). The van der Waals surface area contributed by atoms with Crippen molar-refractivity contribution in [1.82, 2.24) is 9.55 Å². The number of aryl methyl sites for hydroxylation is 1. The van der Waals surface area contributed by atoms with Crippen molar-refractivity contribution in [3.8, 4) is 0 Å². The summed E-state index contributed by atoms with van der Waals surface area (Å²) in [6.07, 6.45) is -2.26. The van der Waals surface area contributed by atoms with E-state index in [0.29, 0.717) is 18.1 Å². The predicted octanol–water partition coefficient (Wildman–Crippen LogP) is 1.59. The highest BCUT2D eigenvalue weighted by Crippen LogP contribution is 2.34. The molecule has 0 spiro atoms. The van der Waals surface area contributed by atoms with Gasteiger partial charge in [-0.2, -0.15) is 13.2 Å². The van der Waals surface area contributed by atoms with Gasteiger partial charge in [0.25, 0.3) is 0 Å². The Hall–Kier alpha value is -1.20. The molecule has 2 heterocycles. The van der Waals surface area contributed by atoms with E-state index in [1.165, 1.54) is 10.8 Å². The number of nitrogens with zero attached hydrogens (tertiary/aromatic N) is 2. The first-order valence-electron chi connectivity index (χ1n) is 4.35. The number of aromatic nitrogens is 2. The van der Waals surface area contributed by atoms with E-state index in [1.54, 1.807) is 0 Å². The van der Waals surface area contributed by atoms with E-state index in [1.807, 2.05) is 0 Å². The van der Waals surface area contributed by atoms with Gasteiger partial charge in [0.2, 0.25) is 0 Å². The number of hydrogen-bond acceptors (Lipinski definition) is 2. The number of alkyl halides is 3. The third kappa shape index (κ3) is 1.44. The van der Waals surface area contributed by atoms with Gasteiger partial charge in [-0.15, -0.1) is 0 Å².